The molecule has 3 aromatic rings. The Kier molecular flexibility index (Phi) is 6.12. The number of nitrogens with zero attached hydrogens (tertiary/aromatic N) is 1. The van der Waals surface area contributed by atoms with Crippen LogP contribution in [0.15, 0.2) is 84.9 Å². The van der Waals surface area contributed by atoms with E-state index in [0.717, 1.165) is 0 Å². The van der Waals surface area contributed by atoms with Crippen LogP contribution in [0.4, 0.5) is 17.1 Å². The van der Waals surface area contributed by atoms with Gasteiger partial charge < -0.3 is 10.6 Å². The highest BCUT2D eigenvalue weighted by atomic mass is 16.6. The maximum atomic E-state index is 12.5. The number of anilines is 2. The Hall–Kier alpha value is -4.26. The molecule has 0 saturated heterocycles. The molecule has 0 aliphatic carbocycles. The third kappa shape index (κ3) is 5.36. The summed E-state index contributed by atoms with van der Waals surface area (Å²) in [5.74, 6) is -0.769. The molecule has 0 atom stereocenters. The van der Waals surface area contributed by atoms with Gasteiger partial charge in [0, 0.05) is 23.9 Å². The first-order valence-electron chi connectivity index (χ1n) is 8.72. The van der Waals surface area contributed by atoms with Crippen molar-refractivity contribution in [2.24, 2.45) is 0 Å². The number of rotatable bonds is 6. The van der Waals surface area contributed by atoms with Gasteiger partial charge in [-0.2, -0.15) is 0 Å². The second kappa shape index (κ2) is 9.09. The molecule has 3 aromatic carbocycles. The van der Waals surface area contributed by atoms with E-state index in [1.54, 1.807) is 48.5 Å². The summed E-state index contributed by atoms with van der Waals surface area (Å²) in [6, 6.07) is 21.5. The van der Waals surface area contributed by atoms with Crippen molar-refractivity contribution in [3.8, 4) is 0 Å². The van der Waals surface area contributed by atoms with E-state index in [1.807, 2.05) is 18.2 Å². The molecule has 0 aliphatic rings. The average Bonchev–Trinajstić information content (AvgIpc) is 2.73. The summed E-state index contributed by atoms with van der Waals surface area (Å²) < 4.78 is 0. The predicted octanol–water partition coefficient (Wildman–Crippen LogP) is 4.50. The highest BCUT2D eigenvalue weighted by Crippen LogP contribution is 2.18. The Bertz CT molecular complexity index is 1060. The van der Waals surface area contributed by atoms with E-state index in [9.17, 15) is 19.7 Å². The SMILES string of the molecule is O=C(C=Cc1ccc([N+](=O)[O-])cc1)Nc1ccccc1C(=O)Nc1ccccc1. The monoisotopic (exact) mass is 387 g/mol. The van der Waals surface area contributed by atoms with Crippen LogP contribution in [-0.4, -0.2) is 16.7 Å². The van der Waals surface area contributed by atoms with Crippen molar-refractivity contribution in [3.63, 3.8) is 0 Å². The van der Waals surface area contributed by atoms with Crippen molar-refractivity contribution in [1.29, 1.82) is 0 Å². The van der Waals surface area contributed by atoms with Gasteiger partial charge in [-0.05, 0) is 48.0 Å². The number of nitrogens with one attached hydrogen (secondary N) is 2. The summed E-state index contributed by atoms with van der Waals surface area (Å²) in [7, 11) is 0. The molecule has 0 bridgehead atoms. The highest BCUT2D eigenvalue weighted by Gasteiger charge is 2.12. The molecule has 0 heterocycles. The summed E-state index contributed by atoms with van der Waals surface area (Å²) in [4.78, 5) is 35.0. The fourth-order valence-electron chi connectivity index (χ4n) is 2.56. The number of hydrogen-bond acceptors (Lipinski definition) is 4. The first kappa shape index (κ1) is 19.5. The predicted molar refractivity (Wildman–Crippen MR) is 112 cm³/mol. The van der Waals surface area contributed by atoms with Crippen molar-refractivity contribution < 1.29 is 14.5 Å². The Morgan fingerprint density at radius 2 is 1.48 bits per heavy atom. The van der Waals surface area contributed by atoms with E-state index in [1.165, 1.54) is 24.3 Å². The van der Waals surface area contributed by atoms with E-state index in [4.69, 9.17) is 0 Å². The second-order valence-corrected chi connectivity index (χ2v) is 6.04. The average molecular weight is 387 g/mol. The number of hydrogen-bond donors (Lipinski definition) is 2. The first-order chi connectivity index (χ1) is 14.0. The Morgan fingerprint density at radius 3 is 2.17 bits per heavy atom. The van der Waals surface area contributed by atoms with Crippen molar-refractivity contribution >= 4 is 35.0 Å². The smallest absolute Gasteiger partial charge is 0.269 e. The molecule has 29 heavy (non-hydrogen) atoms. The third-order valence-electron chi connectivity index (χ3n) is 3.99. The molecule has 7 heteroatoms. The van der Waals surface area contributed by atoms with Gasteiger partial charge in [0.2, 0.25) is 5.91 Å². The molecule has 0 fully saturated rings. The molecule has 144 valence electrons. The van der Waals surface area contributed by atoms with Crippen LogP contribution in [0.25, 0.3) is 6.08 Å². The minimum atomic E-state index is -0.488. The molecule has 0 aromatic heterocycles. The zero-order chi connectivity index (χ0) is 20.6. The molecule has 3 rings (SSSR count). The van der Waals surface area contributed by atoms with E-state index >= 15 is 0 Å². The lowest BCUT2D eigenvalue weighted by atomic mass is 10.1. The lowest BCUT2D eigenvalue weighted by Gasteiger charge is -2.10. The number of non-ortho nitro benzene ring substituents is 1. The second-order valence-electron chi connectivity index (χ2n) is 6.04. The van der Waals surface area contributed by atoms with Crippen LogP contribution < -0.4 is 10.6 Å². The van der Waals surface area contributed by atoms with E-state index in [0.29, 0.717) is 22.5 Å². The molecule has 0 aliphatic heterocycles. The fraction of sp³-hybridized carbons (Fsp3) is 0. The number of nitro benzene ring substituents is 1. The van der Waals surface area contributed by atoms with Gasteiger partial charge in [0.1, 0.15) is 0 Å². The van der Waals surface area contributed by atoms with Crippen LogP contribution in [0.2, 0.25) is 0 Å². The zero-order valence-electron chi connectivity index (χ0n) is 15.2. The number of para-hydroxylation sites is 2. The zero-order valence-corrected chi connectivity index (χ0v) is 15.2. The molecule has 7 nitrogen and oxygen atoms in total. The number of carbonyl (C=O) groups is 2. The van der Waals surface area contributed by atoms with Gasteiger partial charge in [0.05, 0.1) is 16.2 Å². The van der Waals surface area contributed by atoms with Crippen LogP contribution in [0.5, 0.6) is 0 Å². The largest absolute Gasteiger partial charge is 0.322 e. The molecule has 0 saturated carbocycles. The molecular weight excluding hydrogens is 370 g/mol. The van der Waals surface area contributed by atoms with Crippen molar-refractivity contribution in [1.82, 2.24) is 0 Å². The summed E-state index contributed by atoms with van der Waals surface area (Å²) in [5.41, 5.74) is 1.97. The van der Waals surface area contributed by atoms with Crippen LogP contribution >= 0.6 is 0 Å². The summed E-state index contributed by atoms with van der Waals surface area (Å²) in [6.07, 6.45) is 2.83. The van der Waals surface area contributed by atoms with Crippen LogP contribution in [-0.2, 0) is 4.79 Å². The standard InChI is InChI=1S/C22H17N3O4/c26-21(15-12-16-10-13-18(14-11-16)25(28)29)24-20-9-5-4-8-19(20)22(27)23-17-6-2-1-3-7-17/h1-15H,(H,23,27)(H,24,26). The first-order valence-corrected chi connectivity index (χ1v) is 8.72. The van der Waals surface area contributed by atoms with Gasteiger partial charge in [-0.15, -0.1) is 0 Å². The van der Waals surface area contributed by atoms with E-state index in [2.05, 4.69) is 10.6 Å². The molecule has 0 unspecified atom stereocenters. The Morgan fingerprint density at radius 1 is 0.828 bits per heavy atom. The van der Waals surface area contributed by atoms with E-state index < -0.39 is 10.8 Å². The maximum absolute atomic E-state index is 12.5. The number of amides is 2. The normalized spacial score (nSPS) is 10.5. The molecule has 0 spiro atoms. The minimum Gasteiger partial charge on any atom is -0.322 e. The van der Waals surface area contributed by atoms with Crippen molar-refractivity contribution in [2.75, 3.05) is 10.6 Å². The Labute approximate surface area is 166 Å². The van der Waals surface area contributed by atoms with Gasteiger partial charge in [-0.25, -0.2) is 0 Å². The van der Waals surface area contributed by atoms with Crippen LogP contribution in [0.1, 0.15) is 15.9 Å². The van der Waals surface area contributed by atoms with Gasteiger partial charge >= 0.3 is 0 Å². The van der Waals surface area contributed by atoms with Crippen LogP contribution in [0.3, 0.4) is 0 Å². The van der Waals surface area contributed by atoms with Gasteiger partial charge in [0.25, 0.3) is 11.6 Å². The van der Waals surface area contributed by atoms with Crippen molar-refractivity contribution in [3.05, 3.63) is 106 Å². The third-order valence-corrected chi connectivity index (χ3v) is 3.99. The summed E-state index contributed by atoms with van der Waals surface area (Å²) in [6.45, 7) is 0. The molecule has 2 amide bonds. The van der Waals surface area contributed by atoms with Gasteiger partial charge in [0.15, 0.2) is 0 Å². The molecule has 2 N–H and O–H groups in total. The lowest BCUT2D eigenvalue weighted by molar-refractivity contribution is -0.384. The number of nitro groups is 1. The Balaban J connectivity index is 1.69. The van der Waals surface area contributed by atoms with Gasteiger partial charge in [-0.3, -0.25) is 19.7 Å². The topological polar surface area (TPSA) is 101 Å². The fourth-order valence-corrected chi connectivity index (χ4v) is 2.56. The number of carbonyl (C=O) groups excluding carboxylic acids is 2. The van der Waals surface area contributed by atoms with E-state index in [-0.39, 0.29) is 11.6 Å². The lowest BCUT2D eigenvalue weighted by Crippen LogP contribution is -2.16. The van der Waals surface area contributed by atoms with Crippen LogP contribution in [0, 0.1) is 10.1 Å². The quantitative estimate of drug-likeness (QED) is 0.369. The number of benzene rings is 3. The maximum Gasteiger partial charge on any atom is 0.269 e. The van der Waals surface area contributed by atoms with Gasteiger partial charge in [-0.1, -0.05) is 30.3 Å². The summed E-state index contributed by atoms with van der Waals surface area (Å²) >= 11 is 0. The highest BCUT2D eigenvalue weighted by molar-refractivity contribution is 6.11. The molecular formula is C22H17N3O4. The minimum absolute atomic E-state index is 0.0232. The van der Waals surface area contributed by atoms with Crippen molar-refractivity contribution in [2.45, 2.75) is 0 Å². The molecule has 0 radical (unpaired) electrons. The summed E-state index contributed by atoms with van der Waals surface area (Å²) in [5, 5.41) is 16.1.